The minimum atomic E-state index is -0.818. The van der Waals surface area contributed by atoms with Crippen molar-refractivity contribution in [3.05, 3.63) is 29.6 Å². The van der Waals surface area contributed by atoms with E-state index < -0.39 is 11.9 Å². The summed E-state index contributed by atoms with van der Waals surface area (Å²) in [5.41, 5.74) is 1.13. The van der Waals surface area contributed by atoms with Crippen LogP contribution in [0.25, 0.3) is 0 Å². The molecule has 1 aliphatic heterocycles. The minimum Gasteiger partial charge on any atom is -0.481 e. The van der Waals surface area contributed by atoms with Crippen LogP contribution in [0.1, 0.15) is 43.6 Å². The molecule has 1 aliphatic carbocycles. The molecule has 0 bridgehead atoms. The lowest BCUT2D eigenvalue weighted by Crippen LogP contribution is -2.47. The van der Waals surface area contributed by atoms with Crippen LogP contribution in [0.3, 0.4) is 0 Å². The first-order chi connectivity index (χ1) is 9.61. The Morgan fingerprint density at radius 3 is 2.80 bits per heavy atom. The zero-order valence-corrected chi connectivity index (χ0v) is 11.7. The number of carboxylic acid groups (broad SMARTS) is 1. The van der Waals surface area contributed by atoms with E-state index in [-0.39, 0.29) is 17.8 Å². The molecule has 1 fully saturated rings. The first-order valence-electron chi connectivity index (χ1n) is 7.35. The highest BCUT2D eigenvalue weighted by molar-refractivity contribution is 5.81. The molecule has 1 heterocycles. The van der Waals surface area contributed by atoms with Gasteiger partial charge in [0.05, 0.1) is 11.6 Å². The third kappa shape index (κ3) is 1.98. The molecule has 0 radical (unpaired) electrons. The van der Waals surface area contributed by atoms with Crippen LogP contribution in [0.4, 0.5) is 10.1 Å². The van der Waals surface area contributed by atoms with Gasteiger partial charge in [-0.2, -0.15) is 0 Å². The lowest BCUT2D eigenvalue weighted by molar-refractivity contribution is -0.140. The quantitative estimate of drug-likeness (QED) is 0.855. The molecule has 3 unspecified atom stereocenters. The van der Waals surface area contributed by atoms with Gasteiger partial charge in [-0.1, -0.05) is 31.4 Å². The van der Waals surface area contributed by atoms with Gasteiger partial charge < -0.3 is 10.0 Å². The number of halogens is 1. The van der Waals surface area contributed by atoms with E-state index in [1.165, 1.54) is 6.07 Å². The van der Waals surface area contributed by atoms with Crippen LogP contribution in [0, 0.1) is 11.7 Å². The summed E-state index contributed by atoms with van der Waals surface area (Å²) in [7, 11) is 1.91. The highest BCUT2D eigenvalue weighted by atomic mass is 19.1. The molecular weight excluding hydrogens is 257 g/mol. The molecule has 1 saturated carbocycles. The van der Waals surface area contributed by atoms with Crippen LogP contribution in [-0.2, 0) is 4.79 Å². The first-order valence-corrected chi connectivity index (χ1v) is 7.35. The second-order valence-corrected chi connectivity index (χ2v) is 5.97. The van der Waals surface area contributed by atoms with Crippen molar-refractivity contribution in [2.45, 2.75) is 44.1 Å². The molecule has 3 rings (SSSR count). The van der Waals surface area contributed by atoms with Crippen LogP contribution >= 0.6 is 0 Å². The van der Waals surface area contributed by atoms with E-state index in [1.54, 1.807) is 12.1 Å². The van der Waals surface area contributed by atoms with Crippen molar-refractivity contribution < 1.29 is 14.3 Å². The van der Waals surface area contributed by atoms with Crippen LogP contribution < -0.4 is 4.90 Å². The van der Waals surface area contributed by atoms with Gasteiger partial charge in [-0.05, 0) is 30.4 Å². The Kier molecular flexibility index (Phi) is 3.40. The summed E-state index contributed by atoms with van der Waals surface area (Å²) in [6.45, 7) is 0. The Morgan fingerprint density at radius 2 is 2.05 bits per heavy atom. The molecule has 3 nitrogen and oxygen atoms in total. The largest absolute Gasteiger partial charge is 0.481 e. The van der Waals surface area contributed by atoms with Gasteiger partial charge in [0.1, 0.15) is 5.82 Å². The van der Waals surface area contributed by atoms with Gasteiger partial charge in [0, 0.05) is 13.1 Å². The van der Waals surface area contributed by atoms with Crippen molar-refractivity contribution in [2.24, 2.45) is 5.92 Å². The molecule has 0 saturated heterocycles. The Bertz CT molecular complexity index is 531. The van der Waals surface area contributed by atoms with Crippen molar-refractivity contribution in [1.29, 1.82) is 0 Å². The maximum absolute atomic E-state index is 14.2. The van der Waals surface area contributed by atoms with Gasteiger partial charge in [0.15, 0.2) is 0 Å². The lowest BCUT2D eigenvalue weighted by Gasteiger charge is -2.44. The number of hydrogen-bond acceptors (Lipinski definition) is 2. The molecule has 1 N–H and O–H groups in total. The summed E-state index contributed by atoms with van der Waals surface area (Å²) in [5, 5.41) is 9.65. The molecule has 1 aromatic carbocycles. The number of fused-ring (bicyclic) bond motifs is 2. The number of carbonyl (C=O) groups is 1. The number of benzene rings is 1. The van der Waals surface area contributed by atoms with Gasteiger partial charge in [-0.15, -0.1) is 0 Å². The van der Waals surface area contributed by atoms with Gasteiger partial charge >= 0.3 is 5.97 Å². The maximum atomic E-state index is 14.2. The molecule has 3 atom stereocenters. The topological polar surface area (TPSA) is 40.5 Å². The Balaban J connectivity index is 2.14. The standard InChI is InChI=1S/C16H20FNO2/c1-18-13-9-4-2-3-6-10(13)14(16(19)20)11-7-5-8-12(17)15(11)18/h5,7-8,10,13-14H,2-4,6,9H2,1H3,(H,19,20). The molecule has 108 valence electrons. The Morgan fingerprint density at radius 1 is 1.30 bits per heavy atom. The van der Waals surface area contributed by atoms with E-state index in [2.05, 4.69) is 0 Å². The van der Waals surface area contributed by atoms with Crippen molar-refractivity contribution in [1.82, 2.24) is 0 Å². The molecular formula is C16H20FNO2. The van der Waals surface area contributed by atoms with E-state index in [0.717, 1.165) is 32.1 Å². The number of carboxylic acids is 1. The fourth-order valence-electron chi connectivity index (χ4n) is 4.05. The normalized spacial score (nSPS) is 29.3. The highest BCUT2D eigenvalue weighted by Gasteiger charge is 2.44. The highest BCUT2D eigenvalue weighted by Crippen LogP contribution is 2.47. The van der Waals surface area contributed by atoms with Crippen LogP contribution in [0.2, 0.25) is 0 Å². The number of rotatable bonds is 1. The summed E-state index contributed by atoms with van der Waals surface area (Å²) in [6, 6.07) is 4.96. The van der Waals surface area contributed by atoms with Crippen molar-refractivity contribution in [3.63, 3.8) is 0 Å². The lowest BCUT2D eigenvalue weighted by atomic mass is 9.74. The zero-order chi connectivity index (χ0) is 14.3. The molecule has 2 aliphatic rings. The van der Waals surface area contributed by atoms with E-state index >= 15 is 0 Å². The smallest absolute Gasteiger partial charge is 0.311 e. The van der Waals surface area contributed by atoms with Gasteiger partial charge in [0.25, 0.3) is 0 Å². The van der Waals surface area contributed by atoms with Gasteiger partial charge in [0.2, 0.25) is 0 Å². The van der Waals surface area contributed by atoms with E-state index in [4.69, 9.17) is 0 Å². The van der Waals surface area contributed by atoms with Crippen LogP contribution in [-0.4, -0.2) is 24.2 Å². The summed E-state index contributed by atoms with van der Waals surface area (Å²) < 4.78 is 14.2. The number of hydrogen-bond donors (Lipinski definition) is 1. The molecule has 20 heavy (non-hydrogen) atoms. The summed E-state index contributed by atoms with van der Waals surface area (Å²) >= 11 is 0. The monoisotopic (exact) mass is 277 g/mol. The molecule has 4 heteroatoms. The van der Waals surface area contributed by atoms with Crippen molar-refractivity contribution >= 4 is 11.7 Å². The van der Waals surface area contributed by atoms with Gasteiger partial charge in [-0.25, -0.2) is 4.39 Å². The molecule has 0 amide bonds. The van der Waals surface area contributed by atoms with E-state index in [0.29, 0.717) is 11.3 Å². The van der Waals surface area contributed by atoms with Crippen molar-refractivity contribution in [2.75, 3.05) is 11.9 Å². The molecule has 0 aromatic heterocycles. The number of para-hydroxylation sites is 1. The Labute approximate surface area is 118 Å². The Hall–Kier alpha value is -1.58. The van der Waals surface area contributed by atoms with Crippen LogP contribution in [0.15, 0.2) is 18.2 Å². The third-order valence-electron chi connectivity index (χ3n) is 4.93. The SMILES string of the molecule is CN1c2c(F)cccc2C(C(=O)O)C2CCCCCC21. The zero-order valence-electron chi connectivity index (χ0n) is 11.7. The van der Waals surface area contributed by atoms with E-state index in [9.17, 15) is 14.3 Å². The van der Waals surface area contributed by atoms with Gasteiger partial charge in [-0.3, -0.25) is 4.79 Å². The fraction of sp³-hybridized carbons (Fsp3) is 0.562. The second-order valence-electron chi connectivity index (χ2n) is 5.97. The summed E-state index contributed by atoms with van der Waals surface area (Å²) in [6.07, 6.45) is 5.19. The average molecular weight is 277 g/mol. The number of anilines is 1. The predicted octanol–water partition coefficient (Wildman–Crippen LogP) is 3.39. The number of nitrogens with zero attached hydrogens (tertiary/aromatic N) is 1. The maximum Gasteiger partial charge on any atom is 0.311 e. The average Bonchev–Trinajstić information content (AvgIpc) is 2.64. The summed E-state index contributed by atoms with van der Waals surface area (Å²) in [4.78, 5) is 13.7. The minimum absolute atomic E-state index is 0.0919. The van der Waals surface area contributed by atoms with Crippen molar-refractivity contribution in [3.8, 4) is 0 Å². The summed E-state index contributed by atoms with van der Waals surface area (Å²) in [5.74, 6) is -1.60. The van der Waals surface area contributed by atoms with Crippen LogP contribution in [0.5, 0.6) is 0 Å². The second kappa shape index (κ2) is 5.08. The van der Waals surface area contributed by atoms with E-state index in [1.807, 2.05) is 11.9 Å². The fourth-order valence-corrected chi connectivity index (χ4v) is 4.05. The first kappa shape index (κ1) is 13.4. The predicted molar refractivity (Wildman–Crippen MR) is 75.5 cm³/mol. The number of aliphatic carboxylic acids is 1. The third-order valence-corrected chi connectivity index (χ3v) is 4.93. The molecule has 1 aromatic rings. The molecule has 0 spiro atoms.